The van der Waals surface area contributed by atoms with Crippen molar-refractivity contribution in [1.82, 2.24) is 4.57 Å². The van der Waals surface area contributed by atoms with E-state index >= 15 is 0 Å². The van der Waals surface area contributed by atoms with Gasteiger partial charge in [-0.25, -0.2) is 0 Å². The van der Waals surface area contributed by atoms with E-state index in [2.05, 4.69) is 0 Å². The second-order valence-corrected chi connectivity index (χ2v) is 7.94. The zero-order chi connectivity index (χ0) is 23.7. The number of pyridine rings is 1. The normalized spacial score (nSPS) is 15.0. The number of carbonyl (C=O) groups is 1. The number of nitrogens with zero attached hydrogens (tertiary/aromatic N) is 1. The first-order valence-corrected chi connectivity index (χ1v) is 10.5. The highest BCUT2D eigenvalue weighted by atomic mass is 16.5. The molecule has 1 atom stereocenters. The minimum atomic E-state index is -0.585. The molecule has 2 aromatic carbocycles. The molecule has 2 heterocycles. The van der Waals surface area contributed by atoms with Crippen LogP contribution in [0.2, 0.25) is 0 Å². The van der Waals surface area contributed by atoms with Crippen LogP contribution in [0.3, 0.4) is 0 Å². The lowest BCUT2D eigenvalue weighted by atomic mass is 9.86. The van der Waals surface area contributed by atoms with Crippen molar-refractivity contribution in [3.63, 3.8) is 0 Å². The van der Waals surface area contributed by atoms with Crippen LogP contribution in [0, 0.1) is 6.92 Å². The van der Waals surface area contributed by atoms with E-state index in [1.807, 2.05) is 12.1 Å². The number of phenolic OH excluding ortho intramolecular Hbond substituents is 2. The molecule has 2 N–H and O–H groups in total. The van der Waals surface area contributed by atoms with Crippen LogP contribution in [0.5, 0.6) is 28.7 Å². The van der Waals surface area contributed by atoms with Gasteiger partial charge in [0.25, 0.3) is 5.56 Å². The van der Waals surface area contributed by atoms with E-state index < -0.39 is 11.9 Å². The fourth-order valence-electron chi connectivity index (χ4n) is 4.18. The van der Waals surface area contributed by atoms with Crippen LogP contribution < -0.4 is 19.8 Å². The van der Waals surface area contributed by atoms with Crippen molar-refractivity contribution in [2.75, 3.05) is 14.2 Å². The number of aromatic nitrogens is 1. The quantitative estimate of drug-likeness (QED) is 0.554. The van der Waals surface area contributed by atoms with Crippen molar-refractivity contribution in [3.8, 4) is 28.7 Å². The molecule has 0 saturated carbocycles. The lowest BCUT2D eigenvalue weighted by molar-refractivity contribution is -0.135. The molecule has 0 spiro atoms. The third kappa shape index (κ3) is 4.24. The second-order valence-electron chi connectivity index (χ2n) is 7.94. The van der Waals surface area contributed by atoms with E-state index in [0.29, 0.717) is 29.8 Å². The van der Waals surface area contributed by atoms with Crippen molar-refractivity contribution in [2.24, 2.45) is 0 Å². The van der Waals surface area contributed by atoms with Gasteiger partial charge >= 0.3 is 5.97 Å². The molecular formula is C25H25NO7. The number of ether oxygens (including phenoxy) is 3. The average Bonchev–Trinajstić information content (AvgIpc) is 2.79. The number of hydrogen-bond acceptors (Lipinski definition) is 7. The molecule has 0 radical (unpaired) electrons. The highest BCUT2D eigenvalue weighted by Gasteiger charge is 2.33. The Kier molecular flexibility index (Phi) is 6.00. The molecule has 8 heteroatoms. The van der Waals surface area contributed by atoms with E-state index in [1.54, 1.807) is 41.8 Å². The van der Waals surface area contributed by atoms with Gasteiger partial charge in [0.1, 0.15) is 11.5 Å². The first-order chi connectivity index (χ1) is 15.8. The molecule has 172 valence electrons. The summed E-state index contributed by atoms with van der Waals surface area (Å²) in [5, 5.41) is 19.7. The molecule has 1 aromatic heterocycles. The zero-order valence-electron chi connectivity index (χ0n) is 18.6. The van der Waals surface area contributed by atoms with Crippen molar-refractivity contribution in [2.45, 2.75) is 32.2 Å². The summed E-state index contributed by atoms with van der Waals surface area (Å²) < 4.78 is 17.6. The Labute approximate surface area is 190 Å². The molecule has 0 unspecified atom stereocenters. The third-order valence-corrected chi connectivity index (χ3v) is 5.91. The second kappa shape index (κ2) is 8.90. The lowest BCUT2D eigenvalue weighted by Gasteiger charge is -2.26. The number of esters is 1. The predicted molar refractivity (Wildman–Crippen MR) is 121 cm³/mol. The number of aromatic hydroxyl groups is 2. The predicted octanol–water partition coefficient (Wildman–Crippen LogP) is 3.27. The Hall–Kier alpha value is -3.94. The largest absolute Gasteiger partial charge is 0.508 e. The highest BCUT2D eigenvalue weighted by molar-refractivity contribution is 5.78. The Morgan fingerprint density at radius 3 is 2.27 bits per heavy atom. The maximum atomic E-state index is 13.6. The highest BCUT2D eigenvalue weighted by Crippen LogP contribution is 2.43. The summed E-state index contributed by atoms with van der Waals surface area (Å²) in [5.41, 5.74) is 2.39. The number of benzene rings is 2. The van der Waals surface area contributed by atoms with Gasteiger partial charge in [-0.1, -0.05) is 12.1 Å². The SMILES string of the molecule is COc1cc([C@@H]2CC(=O)Oc3cc(C)n(CCc4ccc(O)cc4)c(=O)c32)cc(OC)c1O. The van der Waals surface area contributed by atoms with Gasteiger partial charge in [0.2, 0.25) is 5.75 Å². The van der Waals surface area contributed by atoms with E-state index in [9.17, 15) is 19.8 Å². The van der Waals surface area contributed by atoms with E-state index in [0.717, 1.165) is 5.56 Å². The Morgan fingerprint density at radius 2 is 1.67 bits per heavy atom. The summed E-state index contributed by atoms with van der Waals surface area (Å²) >= 11 is 0. The average molecular weight is 451 g/mol. The number of fused-ring (bicyclic) bond motifs is 1. The van der Waals surface area contributed by atoms with Gasteiger partial charge in [0.05, 0.1) is 26.2 Å². The van der Waals surface area contributed by atoms with Gasteiger partial charge in [0, 0.05) is 24.2 Å². The molecule has 0 amide bonds. The molecule has 1 aliphatic heterocycles. The molecule has 4 rings (SSSR count). The number of methoxy groups -OCH3 is 2. The minimum Gasteiger partial charge on any atom is -0.508 e. The van der Waals surface area contributed by atoms with Crippen LogP contribution >= 0.6 is 0 Å². The molecule has 33 heavy (non-hydrogen) atoms. The Balaban J connectivity index is 1.78. The fraction of sp³-hybridized carbons (Fsp3) is 0.280. The Bertz CT molecular complexity index is 1240. The van der Waals surface area contributed by atoms with Crippen LogP contribution in [-0.2, 0) is 17.8 Å². The molecular weight excluding hydrogens is 426 g/mol. The van der Waals surface area contributed by atoms with E-state index in [-0.39, 0.29) is 40.7 Å². The molecule has 3 aromatic rings. The summed E-state index contributed by atoms with van der Waals surface area (Å²) in [7, 11) is 2.84. The maximum Gasteiger partial charge on any atom is 0.312 e. The number of rotatable bonds is 6. The summed E-state index contributed by atoms with van der Waals surface area (Å²) in [5.74, 6) is -0.389. The van der Waals surface area contributed by atoms with Crippen molar-refractivity contribution in [1.29, 1.82) is 0 Å². The van der Waals surface area contributed by atoms with Gasteiger partial charge < -0.3 is 29.0 Å². The van der Waals surface area contributed by atoms with E-state index in [4.69, 9.17) is 14.2 Å². The van der Waals surface area contributed by atoms with Crippen molar-refractivity contribution >= 4 is 5.97 Å². The number of hydrogen-bond donors (Lipinski definition) is 2. The number of phenols is 2. The summed E-state index contributed by atoms with van der Waals surface area (Å²) in [6.45, 7) is 2.22. The van der Waals surface area contributed by atoms with Crippen LogP contribution in [0.4, 0.5) is 0 Å². The zero-order valence-corrected chi connectivity index (χ0v) is 18.6. The van der Waals surface area contributed by atoms with Crippen LogP contribution in [0.15, 0.2) is 47.3 Å². The first kappa shape index (κ1) is 22.3. The monoisotopic (exact) mass is 451 g/mol. The summed E-state index contributed by atoms with van der Waals surface area (Å²) in [4.78, 5) is 26.0. The maximum absolute atomic E-state index is 13.6. The molecule has 0 bridgehead atoms. The third-order valence-electron chi connectivity index (χ3n) is 5.91. The molecule has 0 fully saturated rings. The minimum absolute atomic E-state index is 0.0274. The van der Waals surface area contributed by atoms with Crippen LogP contribution in [0.25, 0.3) is 0 Å². The standard InChI is InChI=1S/C25H25NO7/c1-14-10-19-23(25(30)26(14)9-8-15-4-6-17(27)7-5-15)18(13-22(28)33-19)16-11-20(31-2)24(29)21(12-16)32-3/h4-7,10-12,18,27,29H,8-9,13H2,1-3H3/t18-/m0/s1. The topological polar surface area (TPSA) is 107 Å². The van der Waals surface area contributed by atoms with Crippen molar-refractivity contribution in [3.05, 3.63) is 75.2 Å². The van der Waals surface area contributed by atoms with Crippen LogP contribution in [0.1, 0.15) is 34.7 Å². The van der Waals surface area contributed by atoms with E-state index in [1.165, 1.54) is 14.2 Å². The number of carbonyl (C=O) groups excluding carboxylic acids is 1. The molecule has 0 aliphatic carbocycles. The molecule has 8 nitrogen and oxygen atoms in total. The molecule has 1 aliphatic rings. The smallest absolute Gasteiger partial charge is 0.312 e. The summed E-state index contributed by atoms with van der Waals surface area (Å²) in [6, 6.07) is 11.8. The van der Waals surface area contributed by atoms with Gasteiger partial charge in [0.15, 0.2) is 11.5 Å². The lowest BCUT2D eigenvalue weighted by Crippen LogP contribution is -2.33. The molecule has 0 saturated heterocycles. The van der Waals surface area contributed by atoms with Gasteiger partial charge in [-0.05, 0) is 48.7 Å². The summed E-state index contributed by atoms with van der Waals surface area (Å²) in [6.07, 6.45) is 0.561. The number of aryl methyl sites for hydroxylation is 2. The van der Waals surface area contributed by atoms with Crippen LogP contribution in [-0.4, -0.2) is 35.0 Å². The Morgan fingerprint density at radius 1 is 1.03 bits per heavy atom. The van der Waals surface area contributed by atoms with Gasteiger partial charge in [-0.15, -0.1) is 0 Å². The van der Waals surface area contributed by atoms with Gasteiger partial charge in [-0.2, -0.15) is 0 Å². The van der Waals surface area contributed by atoms with Gasteiger partial charge in [-0.3, -0.25) is 9.59 Å². The van der Waals surface area contributed by atoms with Crippen molar-refractivity contribution < 1.29 is 29.2 Å². The fourth-order valence-corrected chi connectivity index (χ4v) is 4.18. The first-order valence-electron chi connectivity index (χ1n) is 10.5.